The van der Waals surface area contributed by atoms with Crippen molar-refractivity contribution >= 4 is 34.7 Å². The van der Waals surface area contributed by atoms with Gasteiger partial charge in [0.15, 0.2) is 6.29 Å². The maximum absolute atomic E-state index is 12.2. The number of nitrogens with zero attached hydrogens (tertiary/aromatic N) is 2. The SMILES string of the molecule is NC(=O)C1(n2c(C=O)cc3cnc(Cl)cc32)CCCCC1. The van der Waals surface area contributed by atoms with Crippen molar-refractivity contribution in [2.75, 3.05) is 0 Å². The summed E-state index contributed by atoms with van der Waals surface area (Å²) in [6.45, 7) is 0. The smallest absolute Gasteiger partial charge is 0.243 e. The first-order valence-corrected chi connectivity index (χ1v) is 7.39. The Morgan fingerprint density at radius 2 is 2.05 bits per heavy atom. The molecular formula is C15H16ClN3O2. The van der Waals surface area contributed by atoms with Crippen molar-refractivity contribution in [2.24, 2.45) is 5.73 Å². The van der Waals surface area contributed by atoms with Crippen molar-refractivity contribution in [3.63, 3.8) is 0 Å². The third-order valence-electron chi connectivity index (χ3n) is 4.37. The zero-order chi connectivity index (χ0) is 15.0. The molecule has 0 saturated heterocycles. The molecule has 3 rings (SSSR count). The lowest BCUT2D eigenvalue weighted by Gasteiger charge is -2.37. The Kier molecular flexibility index (Phi) is 3.45. The fraction of sp³-hybridized carbons (Fsp3) is 0.400. The van der Waals surface area contributed by atoms with Gasteiger partial charge in [0.05, 0.1) is 11.2 Å². The lowest BCUT2D eigenvalue weighted by atomic mass is 9.80. The van der Waals surface area contributed by atoms with Gasteiger partial charge in [0.1, 0.15) is 10.7 Å². The first kappa shape index (κ1) is 14.1. The normalized spacial score (nSPS) is 17.8. The Balaban J connectivity index is 2.32. The largest absolute Gasteiger partial charge is 0.368 e. The van der Waals surface area contributed by atoms with Gasteiger partial charge in [0.2, 0.25) is 5.91 Å². The van der Waals surface area contributed by atoms with Crippen LogP contribution in [0.15, 0.2) is 18.3 Å². The van der Waals surface area contributed by atoms with Crippen molar-refractivity contribution in [1.29, 1.82) is 0 Å². The summed E-state index contributed by atoms with van der Waals surface area (Å²) in [6.07, 6.45) is 6.57. The molecule has 2 aromatic heterocycles. The molecule has 0 radical (unpaired) electrons. The van der Waals surface area contributed by atoms with E-state index in [0.29, 0.717) is 23.7 Å². The van der Waals surface area contributed by atoms with Crippen LogP contribution in [0.1, 0.15) is 42.6 Å². The number of pyridine rings is 1. The van der Waals surface area contributed by atoms with E-state index < -0.39 is 11.4 Å². The van der Waals surface area contributed by atoms with Gasteiger partial charge >= 0.3 is 0 Å². The fourth-order valence-electron chi connectivity index (χ4n) is 3.38. The van der Waals surface area contributed by atoms with Gasteiger partial charge < -0.3 is 10.3 Å². The number of aromatic nitrogens is 2. The Morgan fingerprint density at radius 3 is 2.67 bits per heavy atom. The molecule has 6 heteroatoms. The van der Waals surface area contributed by atoms with Gasteiger partial charge in [-0.2, -0.15) is 0 Å². The van der Waals surface area contributed by atoms with Gasteiger partial charge in [-0.3, -0.25) is 9.59 Å². The van der Waals surface area contributed by atoms with E-state index >= 15 is 0 Å². The number of carbonyl (C=O) groups excluding carboxylic acids is 2. The molecule has 5 nitrogen and oxygen atoms in total. The summed E-state index contributed by atoms with van der Waals surface area (Å²) < 4.78 is 1.77. The number of rotatable bonds is 3. The number of fused-ring (bicyclic) bond motifs is 1. The van der Waals surface area contributed by atoms with Crippen LogP contribution in [-0.2, 0) is 10.3 Å². The maximum Gasteiger partial charge on any atom is 0.243 e. The standard InChI is InChI=1S/C15H16ClN3O2/c16-13-7-12-10(8-18-13)6-11(9-20)19(12)15(14(17)21)4-2-1-3-5-15/h6-9H,1-5H2,(H2,17,21). The van der Waals surface area contributed by atoms with Gasteiger partial charge in [0.25, 0.3) is 0 Å². The molecule has 0 unspecified atom stereocenters. The molecule has 21 heavy (non-hydrogen) atoms. The Morgan fingerprint density at radius 1 is 1.33 bits per heavy atom. The molecule has 2 aromatic rings. The minimum Gasteiger partial charge on any atom is -0.368 e. The molecule has 0 atom stereocenters. The minimum atomic E-state index is -0.846. The second-order valence-corrected chi connectivity index (χ2v) is 5.93. The summed E-state index contributed by atoms with van der Waals surface area (Å²) in [4.78, 5) is 27.7. The van der Waals surface area contributed by atoms with Crippen molar-refractivity contribution in [3.05, 3.63) is 29.2 Å². The highest BCUT2D eigenvalue weighted by Gasteiger charge is 2.41. The molecule has 0 spiro atoms. The molecule has 1 amide bonds. The summed E-state index contributed by atoms with van der Waals surface area (Å²) in [5, 5.41) is 1.11. The number of primary amides is 1. The molecule has 0 aliphatic heterocycles. The molecule has 1 aliphatic carbocycles. The average Bonchev–Trinajstić information content (AvgIpc) is 2.85. The molecule has 2 heterocycles. The number of carbonyl (C=O) groups is 2. The van der Waals surface area contributed by atoms with Crippen molar-refractivity contribution in [3.8, 4) is 0 Å². The molecule has 110 valence electrons. The van der Waals surface area contributed by atoms with Crippen LogP contribution in [0.3, 0.4) is 0 Å². The first-order chi connectivity index (χ1) is 10.1. The van der Waals surface area contributed by atoms with Crippen LogP contribution in [0.4, 0.5) is 0 Å². The second-order valence-electron chi connectivity index (χ2n) is 5.54. The van der Waals surface area contributed by atoms with Gasteiger partial charge in [-0.25, -0.2) is 4.98 Å². The van der Waals surface area contributed by atoms with E-state index in [2.05, 4.69) is 4.98 Å². The number of halogens is 1. The van der Waals surface area contributed by atoms with E-state index in [1.165, 1.54) is 0 Å². The van der Waals surface area contributed by atoms with Crippen LogP contribution in [0.2, 0.25) is 5.15 Å². The Bertz CT molecular complexity index is 717. The average molecular weight is 306 g/mol. The summed E-state index contributed by atoms with van der Waals surface area (Å²) in [6, 6.07) is 3.41. The monoisotopic (exact) mass is 305 g/mol. The molecule has 0 bridgehead atoms. The zero-order valence-corrected chi connectivity index (χ0v) is 12.3. The van der Waals surface area contributed by atoms with Crippen LogP contribution in [0.5, 0.6) is 0 Å². The van der Waals surface area contributed by atoms with Crippen molar-refractivity contribution < 1.29 is 9.59 Å². The number of amides is 1. The maximum atomic E-state index is 12.2. The van der Waals surface area contributed by atoms with Gasteiger partial charge in [-0.15, -0.1) is 0 Å². The molecule has 0 aromatic carbocycles. The summed E-state index contributed by atoms with van der Waals surface area (Å²) in [7, 11) is 0. The third kappa shape index (κ3) is 2.12. The van der Waals surface area contributed by atoms with Crippen molar-refractivity contribution in [2.45, 2.75) is 37.6 Å². The molecule has 1 aliphatic rings. The first-order valence-electron chi connectivity index (χ1n) is 7.01. The van der Waals surface area contributed by atoms with Crippen LogP contribution < -0.4 is 5.73 Å². The lowest BCUT2D eigenvalue weighted by molar-refractivity contribution is -0.128. The van der Waals surface area contributed by atoms with E-state index in [9.17, 15) is 9.59 Å². The van der Waals surface area contributed by atoms with E-state index in [1.807, 2.05) is 0 Å². The van der Waals surface area contributed by atoms with E-state index in [1.54, 1.807) is 22.9 Å². The van der Waals surface area contributed by atoms with Crippen molar-refractivity contribution in [1.82, 2.24) is 9.55 Å². The Hall–Kier alpha value is -1.88. The van der Waals surface area contributed by atoms with Gasteiger partial charge in [-0.05, 0) is 25.0 Å². The van der Waals surface area contributed by atoms with Crippen LogP contribution in [0, 0.1) is 0 Å². The van der Waals surface area contributed by atoms with Crippen LogP contribution >= 0.6 is 11.6 Å². The summed E-state index contributed by atoms with van der Waals surface area (Å²) in [5.41, 5.74) is 6.05. The number of aldehydes is 1. The number of hydrogen-bond acceptors (Lipinski definition) is 3. The minimum absolute atomic E-state index is 0.328. The lowest BCUT2D eigenvalue weighted by Crippen LogP contribution is -2.48. The Labute approximate surface area is 127 Å². The van der Waals surface area contributed by atoms with E-state index in [0.717, 1.165) is 36.5 Å². The summed E-state index contributed by atoms with van der Waals surface area (Å²) in [5.74, 6) is -0.393. The highest BCUT2D eigenvalue weighted by Crippen LogP contribution is 2.39. The van der Waals surface area contributed by atoms with Crippen LogP contribution in [-0.4, -0.2) is 21.7 Å². The number of hydrogen-bond donors (Lipinski definition) is 1. The van der Waals surface area contributed by atoms with Gasteiger partial charge in [0, 0.05) is 11.6 Å². The van der Waals surface area contributed by atoms with E-state index in [4.69, 9.17) is 17.3 Å². The van der Waals surface area contributed by atoms with Gasteiger partial charge in [-0.1, -0.05) is 30.9 Å². The van der Waals surface area contributed by atoms with Crippen LogP contribution in [0.25, 0.3) is 10.9 Å². The number of nitrogens with two attached hydrogens (primary N) is 1. The second kappa shape index (κ2) is 5.15. The predicted octanol–water partition coefficient (Wildman–Crippen LogP) is 2.65. The fourth-order valence-corrected chi connectivity index (χ4v) is 3.53. The third-order valence-corrected chi connectivity index (χ3v) is 4.58. The molecule has 1 saturated carbocycles. The predicted molar refractivity (Wildman–Crippen MR) is 80.4 cm³/mol. The highest BCUT2D eigenvalue weighted by molar-refractivity contribution is 6.30. The topological polar surface area (TPSA) is 78.0 Å². The summed E-state index contributed by atoms with van der Waals surface area (Å²) >= 11 is 5.98. The van der Waals surface area contributed by atoms with E-state index in [-0.39, 0.29) is 0 Å². The zero-order valence-electron chi connectivity index (χ0n) is 11.5. The molecule has 1 fully saturated rings. The molecule has 2 N–H and O–H groups in total. The molecular weight excluding hydrogens is 290 g/mol. The highest BCUT2D eigenvalue weighted by atomic mass is 35.5. The quantitative estimate of drug-likeness (QED) is 0.699.